The lowest BCUT2D eigenvalue weighted by molar-refractivity contribution is -0.127. The van der Waals surface area contributed by atoms with E-state index in [0.29, 0.717) is 66.8 Å². The Kier molecular flexibility index (Phi) is 17.1. The van der Waals surface area contributed by atoms with Crippen molar-refractivity contribution in [2.45, 2.75) is 52.6 Å². The molecule has 20 heteroatoms. The molecular weight excluding hydrogens is 949 g/mol. The predicted molar refractivity (Wildman–Crippen MR) is 252 cm³/mol. The van der Waals surface area contributed by atoms with Crippen LogP contribution in [0.1, 0.15) is 59.5 Å². The first-order chi connectivity index (χ1) is 30.4. The minimum absolute atomic E-state index is 0.0172. The standard InChI is InChI=1S/C44H36Cl6N8O6/c1-5-29-30(6-2)34(54-44(64)40(22(4)60)58-56-36-12-8-10-32(38(36)50)42(62)52-28-19-25(47)16-26(48)20-28)14-13-33(29)53-43(63)39(21(3)59)57-55-35-11-7-9-31(37(35)49)41(61)51-27-17-23(45)15-24(46)18-27/h7-20,39-40H,5-6H2,1-4H3,(H,51,61)(H,52,62)(H,53,63)(H,54,64). The Morgan fingerprint density at radius 1 is 0.500 bits per heavy atom. The van der Waals surface area contributed by atoms with E-state index < -0.39 is 47.3 Å². The zero-order valence-corrected chi connectivity index (χ0v) is 38.7. The van der Waals surface area contributed by atoms with Crippen LogP contribution >= 0.6 is 69.6 Å². The Morgan fingerprint density at radius 2 is 0.844 bits per heavy atom. The third-order valence-electron chi connectivity index (χ3n) is 9.17. The lowest BCUT2D eigenvalue weighted by atomic mass is 9.98. The number of carbonyl (C=O) groups excluding carboxylic acids is 6. The maximum Gasteiger partial charge on any atom is 0.258 e. The van der Waals surface area contributed by atoms with Crippen LogP contribution in [0, 0.1) is 0 Å². The van der Waals surface area contributed by atoms with Gasteiger partial charge >= 0.3 is 0 Å². The Hall–Kier alpha value is -5.74. The van der Waals surface area contributed by atoms with Crippen LogP contribution in [0.5, 0.6) is 0 Å². The second-order valence-electron chi connectivity index (χ2n) is 13.8. The highest BCUT2D eigenvalue weighted by Gasteiger charge is 2.28. The van der Waals surface area contributed by atoms with Gasteiger partial charge in [-0.05, 0) is 111 Å². The molecule has 0 saturated heterocycles. The normalized spacial score (nSPS) is 12.2. The van der Waals surface area contributed by atoms with Gasteiger partial charge < -0.3 is 21.3 Å². The Labute approximate surface area is 397 Å². The summed E-state index contributed by atoms with van der Waals surface area (Å²) in [4.78, 5) is 78.8. The molecule has 5 aromatic carbocycles. The Balaban J connectivity index is 1.31. The average molecular weight is 986 g/mol. The summed E-state index contributed by atoms with van der Waals surface area (Å²) < 4.78 is 0. The average Bonchev–Trinajstić information content (AvgIpc) is 3.21. The highest BCUT2D eigenvalue weighted by Crippen LogP contribution is 2.34. The first-order valence-corrected chi connectivity index (χ1v) is 21.4. The summed E-state index contributed by atoms with van der Waals surface area (Å²) in [6.07, 6.45) is 0.756. The largest absolute Gasteiger partial charge is 0.323 e. The molecule has 0 aliphatic rings. The molecule has 14 nitrogen and oxygen atoms in total. The fourth-order valence-electron chi connectivity index (χ4n) is 6.21. The molecule has 4 amide bonds. The Bertz CT molecular complexity index is 2520. The zero-order chi connectivity index (χ0) is 46.8. The number of benzene rings is 5. The highest BCUT2D eigenvalue weighted by atomic mass is 35.5. The van der Waals surface area contributed by atoms with Crippen molar-refractivity contribution in [1.29, 1.82) is 0 Å². The second-order valence-corrected chi connectivity index (χ2v) is 16.3. The number of halogens is 6. The number of amides is 4. The molecule has 2 atom stereocenters. The molecule has 0 spiro atoms. The molecule has 0 aliphatic carbocycles. The van der Waals surface area contributed by atoms with Gasteiger partial charge in [0.2, 0.25) is 12.1 Å². The van der Waals surface area contributed by atoms with Gasteiger partial charge in [-0.25, -0.2) is 0 Å². The van der Waals surface area contributed by atoms with Crippen LogP contribution in [0.3, 0.4) is 0 Å². The number of Topliss-reactive ketones (excluding diaryl/α,β-unsaturated/α-hetero) is 2. The first kappa shape index (κ1) is 49.3. The van der Waals surface area contributed by atoms with Crippen LogP contribution < -0.4 is 21.3 Å². The van der Waals surface area contributed by atoms with Crippen molar-refractivity contribution in [1.82, 2.24) is 0 Å². The quantitative estimate of drug-likeness (QED) is 0.0560. The van der Waals surface area contributed by atoms with E-state index in [1.54, 1.807) is 0 Å². The summed E-state index contributed by atoms with van der Waals surface area (Å²) in [5.74, 6) is -4.08. The van der Waals surface area contributed by atoms with E-state index >= 15 is 0 Å². The molecule has 0 bridgehead atoms. The third-order valence-corrected chi connectivity index (χ3v) is 10.8. The van der Waals surface area contributed by atoms with Crippen molar-refractivity contribution in [3.63, 3.8) is 0 Å². The molecule has 5 rings (SSSR count). The highest BCUT2D eigenvalue weighted by molar-refractivity contribution is 6.38. The van der Waals surface area contributed by atoms with Crippen LogP contribution in [0.4, 0.5) is 34.1 Å². The molecule has 5 aromatic rings. The minimum atomic E-state index is -1.61. The number of hydrogen-bond acceptors (Lipinski definition) is 10. The van der Waals surface area contributed by atoms with Crippen molar-refractivity contribution in [2.75, 3.05) is 21.3 Å². The van der Waals surface area contributed by atoms with E-state index in [1.165, 1.54) is 98.8 Å². The van der Waals surface area contributed by atoms with Crippen molar-refractivity contribution < 1.29 is 28.8 Å². The molecular formula is C44H36Cl6N8O6. The fraction of sp³-hybridized carbons (Fsp3) is 0.182. The lowest BCUT2D eigenvalue weighted by Gasteiger charge is -2.20. The number of azo groups is 2. The van der Waals surface area contributed by atoms with Crippen LogP contribution in [0.25, 0.3) is 0 Å². The van der Waals surface area contributed by atoms with Gasteiger partial charge in [-0.3, -0.25) is 28.8 Å². The number of carbonyl (C=O) groups is 6. The molecule has 0 fully saturated rings. The molecule has 2 unspecified atom stereocenters. The van der Waals surface area contributed by atoms with E-state index in [2.05, 4.69) is 41.7 Å². The predicted octanol–water partition coefficient (Wildman–Crippen LogP) is 12.6. The van der Waals surface area contributed by atoms with Gasteiger partial charge in [0.1, 0.15) is 11.4 Å². The van der Waals surface area contributed by atoms with E-state index in [0.717, 1.165) is 0 Å². The van der Waals surface area contributed by atoms with Gasteiger partial charge in [0.05, 0.1) is 21.2 Å². The molecule has 330 valence electrons. The maximum atomic E-state index is 13.6. The fourth-order valence-corrected chi connectivity index (χ4v) is 7.76. The van der Waals surface area contributed by atoms with Crippen molar-refractivity contribution in [2.24, 2.45) is 20.5 Å². The summed E-state index contributed by atoms with van der Waals surface area (Å²) in [5.41, 5.74) is 2.66. The summed E-state index contributed by atoms with van der Waals surface area (Å²) in [7, 11) is 0. The summed E-state index contributed by atoms with van der Waals surface area (Å²) in [5, 5.41) is 28.0. The zero-order valence-electron chi connectivity index (χ0n) is 34.2. The number of rotatable bonds is 16. The van der Waals surface area contributed by atoms with Gasteiger partial charge in [-0.2, -0.15) is 20.5 Å². The Morgan fingerprint density at radius 3 is 1.16 bits per heavy atom. The van der Waals surface area contributed by atoms with Gasteiger partial charge in [0, 0.05) is 42.8 Å². The number of anilines is 4. The molecule has 0 aromatic heterocycles. The number of nitrogens with zero attached hydrogens (tertiary/aromatic N) is 4. The van der Waals surface area contributed by atoms with E-state index in [1.807, 2.05) is 13.8 Å². The van der Waals surface area contributed by atoms with Crippen molar-refractivity contribution >= 4 is 139 Å². The number of ketones is 2. The molecule has 0 radical (unpaired) electrons. The van der Waals surface area contributed by atoms with Crippen LogP contribution in [0.15, 0.2) is 105 Å². The molecule has 0 saturated carbocycles. The van der Waals surface area contributed by atoms with Gasteiger partial charge in [0.15, 0.2) is 11.6 Å². The van der Waals surface area contributed by atoms with Gasteiger partial charge in [-0.15, -0.1) is 0 Å². The third kappa shape index (κ3) is 12.5. The monoisotopic (exact) mass is 982 g/mol. The van der Waals surface area contributed by atoms with E-state index in [-0.39, 0.29) is 32.5 Å². The number of nitrogens with one attached hydrogen (secondary N) is 4. The number of hydrogen-bond donors (Lipinski definition) is 4. The summed E-state index contributed by atoms with van der Waals surface area (Å²) in [6, 6.07) is 17.7. The molecule has 0 heterocycles. The molecule has 4 N–H and O–H groups in total. The van der Waals surface area contributed by atoms with E-state index in [4.69, 9.17) is 69.6 Å². The van der Waals surface area contributed by atoms with Crippen molar-refractivity contribution in [3.05, 3.63) is 137 Å². The van der Waals surface area contributed by atoms with E-state index in [9.17, 15) is 28.8 Å². The maximum absolute atomic E-state index is 13.6. The smallest absolute Gasteiger partial charge is 0.258 e. The molecule has 0 aliphatic heterocycles. The second kappa shape index (κ2) is 22.2. The molecule has 64 heavy (non-hydrogen) atoms. The summed E-state index contributed by atoms with van der Waals surface area (Å²) in [6.45, 7) is 6.01. The first-order valence-electron chi connectivity index (χ1n) is 19.1. The van der Waals surface area contributed by atoms with Crippen LogP contribution in [0.2, 0.25) is 30.1 Å². The van der Waals surface area contributed by atoms with Crippen LogP contribution in [-0.4, -0.2) is 47.3 Å². The van der Waals surface area contributed by atoms with Crippen molar-refractivity contribution in [3.8, 4) is 0 Å². The SMILES string of the molecule is CCc1c(NC(=O)C(N=Nc2cccc(C(=O)Nc3cc(Cl)cc(Cl)c3)c2Cl)C(C)=O)ccc(NC(=O)C(N=Nc2cccc(C(=O)Nc3cc(Cl)cc(Cl)c3)c2Cl)C(C)=O)c1CC. The lowest BCUT2D eigenvalue weighted by Crippen LogP contribution is -2.33. The van der Waals surface area contributed by atoms with Crippen LogP contribution in [-0.2, 0) is 32.0 Å². The van der Waals surface area contributed by atoms with Gasteiger partial charge in [-0.1, -0.05) is 95.6 Å². The summed E-state index contributed by atoms with van der Waals surface area (Å²) >= 11 is 37.2. The topological polar surface area (TPSA) is 200 Å². The minimum Gasteiger partial charge on any atom is -0.323 e. The van der Waals surface area contributed by atoms with Gasteiger partial charge in [0.25, 0.3) is 23.6 Å².